The number of nitrogens with zero attached hydrogens (tertiary/aromatic N) is 1. The first-order valence-electron chi connectivity index (χ1n) is 5.45. The normalized spacial score (nSPS) is 10.9. The standard InChI is InChI=1S/C13H18N2S/c1-4-16-12-7-5-11(6-8-12)15-10-13(2,3)9-14/h5-8,15H,4,10H2,1-3H3. The van der Waals surface area contributed by atoms with E-state index in [1.807, 2.05) is 25.6 Å². The summed E-state index contributed by atoms with van der Waals surface area (Å²) >= 11 is 1.83. The van der Waals surface area contributed by atoms with Crippen LogP contribution in [0.5, 0.6) is 0 Å². The van der Waals surface area contributed by atoms with Crippen molar-refractivity contribution in [1.29, 1.82) is 5.26 Å². The van der Waals surface area contributed by atoms with E-state index in [9.17, 15) is 0 Å². The Morgan fingerprint density at radius 3 is 2.44 bits per heavy atom. The first-order chi connectivity index (χ1) is 7.57. The molecular weight excluding hydrogens is 216 g/mol. The molecule has 2 nitrogen and oxygen atoms in total. The van der Waals surface area contributed by atoms with Crippen LogP contribution in [0.25, 0.3) is 0 Å². The molecule has 0 heterocycles. The number of thioether (sulfide) groups is 1. The van der Waals surface area contributed by atoms with Gasteiger partial charge in [-0.3, -0.25) is 0 Å². The van der Waals surface area contributed by atoms with Gasteiger partial charge in [0.1, 0.15) is 0 Å². The summed E-state index contributed by atoms with van der Waals surface area (Å²) < 4.78 is 0. The van der Waals surface area contributed by atoms with E-state index in [0.29, 0.717) is 6.54 Å². The van der Waals surface area contributed by atoms with Crippen LogP contribution in [0, 0.1) is 16.7 Å². The van der Waals surface area contributed by atoms with Gasteiger partial charge in [0, 0.05) is 17.1 Å². The van der Waals surface area contributed by atoms with Gasteiger partial charge in [0.2, 0.25) is 0 Å². The third kappa shape index (κ3) is 4.16. The van der Waals surface area contributed by atoms with E-state index in [0.717, 1.165) is 11.4 Å². The minimum Gasteiger partial charge on any atom is -0.383 e. The van der Waals surface area contributed by atoms with Gasteiger partial charge in [-0.2, -0.15) is 5.26 Å². The number of nitriles is 1. The molecule has 0 atom stereocenters. The first kappa shape index (κ1) is 12.9. The van der Waals surface area contributed by atoms with Crippen LogP contribution in [0.15, 0.2) is 29.2 Å². The second-order valence-corrected chi connectivity index (χ2v) is 5.64. The maximum atomic E-state index is 8.89. The highest BCUT2D eigenvalue weighted by Gasteiger charge is 2.15. The molecule has 0 radical (unpaired) electrons. The van der Waals surface area contributed by atoms with Crippen LogP contribution in [0.4, 0.5) is 5.69 Å². The molecule has 86 valence electrons. The van der Waals surface area contributed by atoms with E-state index in [4.69, 9.17) is 5.26 Å². The Morgan fingerprint density at radius 1 is 1.31 bits per heavy atom. The Bertz CT molecular complexity index is 363. The fraction of sp³-hybridized carbons (Fsp3) is 0.462. The van der Waals surface area contributed by atoms with Crippen molar-refractivity contribution < 1.29 is 0 Å². The van der Waals surface area contributed by atoms with Crippen LogP contribution in [0.3, 0.4) is 0 Å². The number of hydrogen-bond donors (Lipinski definition) is 1. The second kappa shape index (κ2) is 5.81. The second-order valence-electron chi connectivity index (χ2n) is 4.31. The van der Waals surface area contributed by atoms with E-state index < -0.39 is 0 Å². The van der Waals surface area contributed by atoms with Crippen molar-refractivity contribution >= 4 is 17.4 Å². The third-order valence-corrected chi connectivity index (χ3v) is 3.10. The predicted molar refractivity (Wildman–Crippen MR) is 70.7 cm³/mol. The molecule has 0 saturated carbocycles. The molecule has 16 heavy (non-hydrogen) atoms. The van der Waals surface area contributed by atoms with Gasteiger partial charge in [0.15, 0.2) is 0 Å². The van der Waals surface area contributed by atoms with Gasteiger partial charge in [-0.25, -0.2) is 0 Å². The summed E-state index contributed by atoms with van der Waals surface area (Å²) in [5.41, 5.74) is 0.750. The Hall–Kier alpha value is -1.14. The van der Waals surface area contributed by atoms with Crippen LogP contribution in [0.2, 0.25) is 0 Å². The lowest BCUT2D eigenvalue weighted by molar-refractivity contribution is 0.529. The van der Waals surface area contributed by atoms with Crippen molar-refractivity contribution in [3.8, 4) is 6.07 Å². The zero-order chi connectivity index (χ0) is 12.0. The first-order valence-corrected chi connectivity index (χ1v) is 6.44. The predicted octanol–water partition coefficient (Wildman–Crippen LogP) is 3.76. The maximum Gasteiger partial charge on any atom is 0.0702 e. The minimum absolute atomic E-state index is 0.323. The Labute approximate surface area is 102 Å². The van der Waals surface area contributed by atoms with E-state index in [1.165, 1.54) is 4.90 Å². The summed E-state index contributed by atoms with van der Waals surface area (Å²) in [6.07, 6.45) is 0. The lowest BCUT2D eigenvalue weighted by Crippen LogP contribution is -2.20. The van der Waals surface area contributed by atoms with Gasteiger partial charge in [0.05, 0.1) is 11.5 Å². The monoisotopic (exact) mass is 234 g/mol. The van der Waals surface area contributed by atoms with Gasteiger partial charge >= 0.3 is 0 Å². The summed E-state index contributed by atoms with van der Waals surface area (Å²) in [7, 11) is 0. The molecular formula is C13H18N2S. The zero-order valence-electron chi connectivity index (χ0n) is 10.1. The summed E-state index contributed by atoms with van der Waals surface area (Å²) in [5, 5.41) is 12.2. The number of benzene rings is 1. The fourth-order valence-electron chi connectivity index (χ4n) is 1.20. The molecule has 0 aromatic heterocycles. The van der Waals surface area contributed by atoms with Crippen molar-refractivity contribution in [2.75, 3.05) is 17.6 Å². The quantitative estimate of drug-likeness (QED) is 0.788. The van der Waals surface area contributed by atoms with Crippen LogP contribution in [-0.4, -0.2) is 12.3 Å². The molecule has 0 aliphatic carbocycles. The van der Waals surface area contributed by atoms with Gasteiger partial charge in [0.25, 0.3) is 0 Å². The molecule has 0 spiro atoms. The highest BCUT2D eigenvalue weighted by molar-refractivity contribution is 7.99. The largest absolute Gasteiger partial charge is 0.383 e. The zero-order valence-corrected chi connectivity index (χ0v) is 10.9. The molecule has 0 unspecified atom stereocenters. The highest BCUT2D eigenvalue weighted by atomic mass is 32.2. The van der Waals surface area contributed by atoms with Crippen molar-refractivity contribution in [3.05, 3.63) is 24.3 Å². The Balaban J connectivity index is 2.53. The number of hydrogen-bond acceptors (Lipinski definition) is 3. The minimum atomic E-state index is -0.323. The molecule has 0 aliphatic heterocycles. The summed E-state index contributed by atoms with van der Waals surface area (Å²) in [5.74, 6) is 1.09. The Morgan fingerprint density at radius 2 is 1.94 bits per heavy atom. The molecule has 0 amide bonds. The lowest BCUT2D eigenvalue weighted by Gasteiger charge is -2.16. The van der Waals surface area contributed by atoms with Crippen LogP contribution in [-0.2, 0) is 0 Å². The average molecular weight is 234 g/mol. The molecule has 1 N–H and O–H groups in total. The van der Waals surface area contributed by atoms with Crippen molar-refractivity contribution in [2.45, 2.75) is 25.7 Å². The molecule has 1 aromatic rings. The number of rotatable bonds is 5. The van der Waals surface area contributed by atoms with E-state index in [-0.39, 0.29) is 5.41 Å². The molecule has 1 aromatic carbocycles. The van der Waals surface area contributed by atoms with Gasteiger partial charge in [-0.15, -0.1) is 11.8 Å². The maximum absolute atomic E-state index is 8.89. The fourth-order valence-corrected chi connectivity index (χ4v) is 1.86. The molecule has 1 rings (SSSR count). The molecule has 0 aliphatic rings. The van der Waals surface area contributed by atoms with Crippen molar-refractivity contribution in [2.24, 2.45) is 5.41 Å². The summed E-state index contributed by atoms with van der Waals surface area (Å²) in [6, 6.07) is 10.6. The molecule has 0 fully saturated rings. The van der Waals surface area contributed by atoms with E-state index >= 15 is 0 Å². The van der Waals surface area contributed by atoms with Crippen molar-refractivity contribution in [1.82, 2.24) is 0 Å². The Kier molecular flexibility index (Phi) is 4.70. The highest BCUT2D eigenvalue weighted by Crippen LogP contribution is 2.21. The van der Waals surface area contributed by atoms with Crippen LogP contribution < -0.4 is 5.32 Å². The SMILES string of the molecule is CCSc1ccc(NCC(C)(C)C#N)cc1. The topological polar surface area (TPSA) is 35.8 Å². The van der Waals surface area contributed by atoms with Crippen LogP contribution >= 0.6 is 11.8 Å². The van der Waals surface area contributed by atoms with Crippen LogP contribution in [0.1, 0.15) is 20.8 Å². The lowest BCUT2D eigenvalue weighted by atomic mass is 9.96. The van der Waals surface area contributed by atoms with Gasteiger partial charge in [-0.1, -0.05) is 6.92 Å². The summed E-state index contributed by atoms with van der Waals surface area (Å²) in [4.78, 5) is 1.28. The molecule has 0 saturated heterocycles. The number of nitrogens with one attached hydrogen (secondary N) is 1. The number of anilines is 1. The van der Waals surface area contributed by atoms with Crippen molar-refractivity contribution in [3.63, 3.8) is 0 Å². The molecule has 3 heteroatoms. The van der Waals surface area contributed by atoms with E-state index in [2.05, 4.69) is 42.6 Å². The van der Waals surface area contributed by atoms with Gasteiger partial charge in [-0.05, 0) is 43.9 Å². The van der Waals surface area contributed by atoms with Gasteiger partial charge < -0.3 is 5.32 Å². The van der Waals surface area contributed by atoms with E-state index in [1.54, 1.807) is 0 Å². The average Bonchev–Trinajstić information content (AvgIpc) is 2.29. The third-order valence-electron chi connectivity index (χ3n) is 2.20. The molecule has 0 bridgehead atoms. The smallest absolute Gasteiger partial charge is 0.0702 e. The summed E-state index contributed by atoms with van der Waals surface area (Å²) in [6.45, 7) is 6.68.